The second kappa shape index (κ2) is 5.64. The van der Waals surface area contributed by atoms with Crippen molar-refractivity contribution in [3.05, 3.63) is 0 Å². The molecule has 2 aliphatic rings. The van der Waals surface area contributed by atoms with Crippen molar-refractivity contribution in [2.45, 2.75) is 51.4 Å². The Balaban J connectivity index is 1.78. The standard InChI is InChI=1S/C13H23NO/c15-13-8-6-7-12(13)11-14-9-4-2-1-3-5-10-14/h12H,1-11H2. The van der Waals surface area contributed by atoms with Gasteiger partial charge in [-0.2, -0.15) is 0 Å². The van der Waals surface area contributed by atoms with Crippen LogP contribution < -0.4 is 0 Å². The van der Waals surface area contributed by atoms with Gasteiger partial charge < -0.3 is 4.90 Å². The molecule has 1 aliphatic heterocycles. The summed E-state index contributed by atoms with van der Waals surface area (Å²) in [5.74, 6) is 0.904. The third kappa shape index (κ3) is 3.30. The van der Waals surface area contributed by atoms with Crippen molar-refractivity contribution < 1.29 is 4.79 Å². The van der Waals surface area contributed by atoms with Crippen LogP contribution in [-0.4, -0.2) is 30.3 Å². The van der Waals surface area contributed by atoms with E-state index >= 15 is 0 Å². The van der Waals surface area contributed by atoms with Gasteiger partial charge in [-0.3, -0.25) is 4.79 Å². The predicted octanol–water partition coefficient (Wildman–Crippen LogP) is 2.62. The average Bonchev–Trinajstić information content (AvgIpc) is 2.56. The molecule has 1 saturated carbocycles. The monoisotopic (exact) mass is 209 g/mol. The first kappa shape index (κ1) is 11.1. The first-order valence-electron chi connectivity index (χ1n) is 6.61. The van der Waals surface area contributed by atoms with Crippen LogP contribution in [0.3, 0.4) is 0 Å². The van der Waals surface area contributed by atoms with Crippen LogP contribution in [0.1, 0.15) is 51.4 Å². The molecule has 2 fully saturated rings. The molecule has 0 bridgehead atoms. The molecule has 1 saturated heterocycles. The summed E-state index contributed by atoms with van der Waals surface area (Å²) in [6, 6.07) is 0. The van der Waals surface area contributed by atoms with E-state index in [9.17, 15) is 4.79 Å². The van der Waals surface area contributed by atoms with Gasteiger partial charge in [-0.05, 0) is 38.8 Å². The van der Waals surface area contributed by atoms with E-state index in [-0.39, 0.29) is 0 Å². The summed E-state index contributed by atoms with van der Waals surface area (Å²) in [6.07, 6.45) is 9.98. The molecule has 1 atom stereocenters. The molecule has 1 heterocycles. The van der Waals surface area contributed by atoms with Gasteiger partial charge in [0.2, 0.25) is 0 Å². The number of nitrogens with zero attached hydrogens (tertiary/aromatic N) is 1. The molecular weight excluding hydrogens is 186 g/mol. The van der Waals surface area contributed by atoms with Gasteiger partial charge in [0.05, 0.1) is 0 Å². The van der Waals surface area contributed by atoms with Crippen LogP contribution in [0.25, 0.3) is 0 Å². The van der Waals surface area contributed by atoms with Crippen molar-refractivity contribution >= 4 is 5.78 Å². The largest absolute Gasteiger partial charge is 0.303 e. The molecule has 0 aromatic rings. The number of carbonyl (C=O) groups excluding carboxylic acids is 1. The van der Waals surface area contributed by atoms with Gasteiger partial charge in [0.25, 0.3) is 0 Å². The Morgan fingerprint density at radius 1 is 1.00 bits per heavy atom. The van der Waals surface area contributed by atoms with E-state index in [1.165, 1.54) is 45.2 Å². The zero-order valence-corrected chi connectivity index (χ0v) is 9.71. The van der Waals surface area contributed by atoms with Gasteiger partial charge >= 0.3 is 0 Å². The number of hydrogen-bond donors (Lipinski definition) is 0. The van der Waals surface area contributed by atoms with E-state index in [4.69, 9.17) is 0 Å². The van der Waals surface area contributed by atoms with E-state index in [0.717, 1.165) is 25.8 Å². The van der Waals surface area contributed by atoms with Crippen LogP contribution in [0.4, 0.5) is 0 Å². The van der Waals surface area contributed by atoms with Gasteiger partial charge in [-0.25, -0.2) is 0 Å². The molecule has 0 N–H and O–H groups in total. The Labute approximate surface area is 93.0 Å². The maximum absolute atomic E-state index is 11.6. The van der Waals surface area contributed by atoms with Crippen molar-refractivity contribution in [2.24, 2.45) is 5.92 Å². The molecule has 0 radical (unpaired) electrons. The molecule has 0 amide bonds. The van der Waals surface area contributed by atoms with Crippen LogP contribution in [0.2, 0.25) is 0 Å². The molecule has 0 aromatic carbocycles. The van der Waals surface area contributed by atoms with E-state index in [2.05, 4.69) is 4.90 Å². The number of likely N-dealkylation sites (tertiary alicyclic amines) is 1. The first-order chi connectivity index (χ1) is 7.36. The van der Waals surface area contributed by atoms with Gasteiger partial charge in [-0.1, -0.05) is 19.3 Å². The van der Waals surface area contributed by atoms with Gasteiger partial charge in [0, 0.05) is 18.9 Å². The number of carbonyl (C=O) groups is 1. The molecule has 1 aliphatic carbocycles. The SMILES string of the molecule is O=C1CCCC1CN1CCCCCCC1. The lowest BCUT2D eigenvalue weighted by atomic mass is 10.0. The highest BCUT2D eigenvalue weighted by molar-refractivity contribution is 5.83. The number of rotatable bonds is 2. The molecule has 86 valence electrons. The quantitative estimate of drug-likeness (QED) is 0.697. The summed E-state index contributed by atoms with van der Waals surface area (Å²) in [5, 5.41) is 0. The lowest BCUT2D eigenvalue weighted by Gasteiger charge is -2.26. The molecule has 0 spiro atoms. The number of Topliss-reactive ketones (excluding diaryl/α,β-unsaturated/α-hetero) is 1. The number of hydrogen-bond acceptors (Lipinski definition) is 2. The fourth-order valence-corrected chi connectivity index (χ4v) is 2.89. The van der Waals surface area contributed by atoms with Gasteiger partial charge in [-0.15, -0.1) is 0 Å². The van der Waals surface area contributed by atoms with Crippen LogP contribution in [0.15, 0.2) is 0 Å². The average molecular weight is 209 g/mol. The molecule has 15 heavy (non-hydrogen) atoms. The second-order valence-corrected chi connectivity index (χ2v) is 5.12. The second-order valence-electron chi connectivity index (χ2n) is 5.12. The Morgan fingerprint density at radius 3 is 2.27 bits per heavy atom. The Bertz CT molecular complexity index is 207. The maximum atomic E-state index is 11.6. The first-order valence-corrected chi connectivity index (χ1v) is 6.61. The van der Waals surface area contributed by atoms with Crippen LogP contribution >= 0.6 is 0 Å². The molecule has 2 heteroatoms. The van der Waals surface area contributed by atoms with Crippen LogP contribution in [0.5, 0.6) is 0 Å². The molecule has 1 unspecified atom stereocenters. The third-order valence-electron chi connectivity index (χ3n) is 3.86. The summed E-state index contributed by atoms with van der Waals surface area (Å²) in [7, 11) is 0. The summed E-state index contributed by atoms with van der Waals surface area (Å²) in [4.78, 5) is 14.1. The highest BCUT2D eigenvalue weighted by atomic mass is 16.1. The van der Waals surface area contributed by atoms with E-state index in [1.807, 2.05) is 0 Å². The van der Waals surface area contributed by atoms with Crippen molar-refractivity contribution in [3.63, 3.8) is 0 Å². The van der Waals surface area contributed by atoms with Gasteiger partial charge in [0.15, 0.2) is 0 Å². The van der Waals surface area contributed by atoms with Crippen LogP contribution in [-0.2, 0) is 4.79 Å². The van der Waals surface area contributed by atoms with E-state index in [1.54, 1.807) is 0 Å². The minimum absolute atomic E-state index is 0.379. The lowest BCUT2D eigenvalue weighted by molar-refractivity contribution is -0.121. The van der Waals surface area contributed by atoms with Crippen molar-refractivity contribution in [2.75, 3.05) is 19.6 Å². The smallest absolute Gasteiger partial charge is 0.137 e. The minimum atomic E-state index is 0.379. The zero-order chi connectivity index (χ0) is 10.5. The Hall–Kier alpha value is -0.370. The fraction of sp³-hybridized carbons (Fsp3) is 0.923. The third-order valence-corrected chi connectivity index (χ3v) is 3.86. The Morgan fingerprint density at radius 2 is 1.67 bits per heavy atom. The molecule has 2 nitrogen and oxygen atoms in total. The molecule has 0 aromatic heterocycles. The normalized spacial score (nSPS) is 30.1. The Kier molecular flexibility index (Phi) is 4.18. The summed E-state index contributed by atoms with van der Waals surface area (Å²) in [6.45, 7) is 3.51. The molecular formula is C13H23NO. The van der Waals surface area contributed by atoms with Crippen molar-refractivity contribution in [1.29, 1.82) is 0 Å². The fourth-order valence-electron chi connectivity index (χ4n) is 2.89. The minimum Gasteiger partial charge on any atom is -0.303 e. The number of ketones is 1. The zero-order valence-electron chi connectivity index (χ0n) is 9.71. The summed E-state index contributed by atoms with van der Waals surface area (Å²) in [5.41, 5.74) is 0. The highest BCUT2D eigenvalue weighted by Gasteiger charge is 2.26. The summed E-state index contributed by atoms with van der Waals surface area (Å²) < 4.78 is 0. The van der Waals surface area contributed by atoms with E-state index in [0.29, 0.717) is 11.7 Å². The summed E-state index contributed by atoms with van der Waals surface area (Å²) >= 11 is 0. The van der Waals surface area contributed by atoms with Crippen molar-refractivity contribution in [1.82, 2.24) is 4.90 Å². The molecule has 2 rings (SSSR count). The van der Waals surface area contributed by atoms with Gasteiger partial charge in [0.1, 0.15) is 5.78 Å². The topological polar surface area (TPSA) is 20.3 Å². The predicted molar refractivity (Wildman–Crippen MR) is 61.9 cm³/mol. The highest BCUT2D eigenvalue weighted by Crippen LogP contribution is 2.23. The van der Waals surface area contributed by atoms with Crippen LogP contribution in [0, 0.1) is 5.92 Å². The van der Waals surface area contributed by atoms with Crippen molar-refractivity contribution in [3.8, 4) is 0 Å². The lowest BCUT2D eigenvalue weighted by Crippen LogP contribution is -2.33. The maximum Gasteiger partial charge on any atom is 0.137 e. The van der Waals surface area contributed by atoms with E-state index < -0.39 is 0 Å².